The normalized spacial score (nSPS) is 11.8. The molecule has 1 atom stereocenters. The molecule has 0 aliphatic rings. The van der Waals surface area contributed by atoms with Gasteiger partial charge in [-0.15, -0.1) is 10.2 Å². The molecule has 2 amide bonds. The zero-order chi connectivity index (χ0) is 24.1. The Bertz CT molecular complexity index is 1250. The molecule has 0 bridgehead atoms. The second kappa shape index (κ2) is 10.3. The minimum atomic E-state index is -0.805. The number of carbonyl (C=O) groups excluding carboxylic acids is 2. The van der Waals surface area contributed by atoms with Gasteiger partial charge in [-0.1, -0.05) is 43.8 Å². The average molecular weight is 474 g/mol. The van der Waals surface area contributed by atoms with Crippen LogP contribution in [0.4, 0.5) is 20.2 Å². The van der Waals surface area contributed by atoms with E-state index < -0.39 is 28.4 Å². The van der Waals surface area contributed by atoms with Crippen LogP contribution < -0.4 is 16.2 Å². The Kier molecular flexibility index (Phi) is 7.54. The van der Waals surface area contributed by atoms with Crippen LogP contribution in [0.15, 0.2) is 52.4 Å². The number of halogens is 2. The maximum absolute atomic E-state index is 13.8. The van der Waals surface area contributed by atoms with Gasteiger partial charge in [-0.05, 0) is 25.1 Å². The highest BCUT2D eigenvalue weighted by Crippen LogP contribution is 2.25. The minimum Gasteiger partial charge on any atom is -0.325 e. The number of aromatic nitrogens is 3. The third kappa shape index (κ3) is 6.01. The smallest absolute Gasteiger partial charge is 0.278 e. The predicted molar refractivity (Wildman–Crippen MR) is 122 cm³/mol. The van der Waals surface area contributed by atoms with Crippen LogP contribution in [0.2, 0.25) is 0 Å². The van der Waals surface area contributed by atoms with Crippen molar-refractivity contribution in [2.45, 2.75) is 31.2 Å². The Morgan fingerprint density at radius 2 is 1.67 bits per heavy atom. The molecule has 3 aromatic rings. The van der Waals surface area contributed by atoms with Crippen LogP contribution in [0.5, 0.6) is 0 Å². The van der Waals surface area contributed by atoms with E-state index in [0.29, 0.717) is 11.3 Å². The molecule has 172 valence electrons. The Morgan fingerprint density at radius 1 is 0.970 bits per heavy atom. The molecule has 0 aliphatic carbocycles. The van der Waals surface area contributed by atoms with Crippen LogP contribution in [-0.2, 0) is 9.59 Å². The topological polar surface area (TPSA) is 117 Å². The average Bonchev–Trinajstić information content (AvgIpc) is 2.77. The number of thioether (sulfide) groups is 1. The second-order valence-corrected chi connectivity index (χ2v) is 8.70. The maximum Gasteiger partial charge on any atom is 0.278 e. The van der Waals surface area contributed by atoms with Crippen molar-refractivity contribution in [3.63, 3.8) is 0 Å². The maximum atomic E-state index is 13.8. The molecule has 8 nitrogen and oxygen atoms in total. The van der Waals surface area contributed by atoms with Crippen LogP contribution >= 0.6 is 11.8 Å². The van der Waals surface area contributed by atoms with Gasteiger partial charge in [0.25, 0.3) is 5.56 Å². The third-order valence-corrected chi connectivity index (χ3v) is 5.46. The van der Waals surface area contributed by atoms with Crippen molar-refractivity contribution in [1.82, 2.24) is 15.2 Å². The number of hydrogen-bond donors (Lipinski definition) is 3. The van der Waals surface area contributed by atoms with Gasteiger partial charge >= 0.3 is 0 Å². The second-order valence-electron chi connectivity index (χ2n) is 7.37. The molecular formula is C22H21F2N5O3S. The molecule has 2 aromatic carbocycles. The Balaban J connectivity index is 1.76. The summed E-state index contributed by atoms with van der Waals surface area (Å²) in [6.07, 6.45) is 0. The molecule has 3 rings (SSSR count). The molecule has 0 unspecified atom stereocenters. The molecule has 0 saturated carbocycles. The summed E-state index contributed by atoms with van der Waals surface area (Å²) in [5.74, 6) is -2.55. The first-order chi connectivity index (χ1) is 15.7. The summed E-state index contributed by atoms with van der Waals surface area (Å²) in [4.78, 5) is 39.6. The molecule has 0 aliphatic heterocycles. The fourth-order valence-corrected chi connectivity index (χ4v) is 3.42. The number of anilines is 2. The van der Waals surface area contributed by atoms with E-state index in [4.69, 9.17) is 0 Å². The molecule has 0 fully saturated rings. The first kappa shape index (κ1) is 24.1. The van der Waals surface area contributed by atoms with Gasteiger partial charge in [0.05, 0.1) is 16.6 Å². The van der Waals surface area contributed by atoms with Crippen LogP contribution in [0, 0.1) is 17.6 Å². The molecule has 3 N–H and O–H groups in total. The standard InChI is InChI=1S/C22H21F2N5O3S/c1-11(2)19(30)25-16-7-5-4-6-14(16)18-21(32)27-22(29-28-18)33-12(3)20(31)26-17-10-13(23)8-9-15(17)24/h4-12H,1-3H3,(H,25,30)(H,26,31)(H,27,29,32)/t12-/m1/s1. The van der Waals surface area contributed by atoms with Gasteiger partial charge in [0, 0.05) is 17.5 Å². The molecule has 33 heavy (non-hydrogen) atoms. The summed E-state index contributed by atoms with van der Waals surface area (Å²) in [5.41, 5.74) is -0.0478. The van der Waals surface area contributed by atoms with Gasteiger partial charge in [-0.25, -0.2) is 8.78 Å². The number of aromatic amines is 1. The van der Waals surface area contributed by atoms with E-state index in [9.17, 15) is 23.2 Å². The van der Waals surface area contributed by atoms with E-state index in [0.717, 1.165) is 30.0 Å². The quantitative estimate of drug-likeness (QED) is 0.449. The number of benzene rings is 2. The monoisotopic (exact) mass is 473 g/mol. The van der Waals surface area contributed by atoms with Crippen molar-refractivity contribution in [3.8, 4) is 11.3 Å². The van der Waals surface area contributed by atoms with Crippen LogP contribution in [0.1, 0.15) is 20.8 Å². The van der Waals surface area contributed by atoms with Crippen molar-refractivity contribution in [2.24, 2.45) is 5.92 Å². The highest BCUT2D eigenvalue weighted by atomic mass is 32.2. The lowest BCUT2D eigenvalue weighted by Crippen LogP contribution is -2.24. The van der Waals surface area contributed by atoms with Crippen molar-refractivity contribution in [3.05, 3.63) is 64.5 Å². The van der Waals surface area contributed by atoms with Gasteiger partial charge in [0.2, 0.25) is 11.8 Å². The zero-order valence-electron chi connectivity index (χ0n) is 18.0. The fourth-order valence-electron chi connectivity index (χ4n) is 2.68. The number of para-hydroxylation sites is 1. The first-order valence-electron chi connectivity index (χ1n) is 9.95. The van der Waals surface area contributed by atoms with E-state index in [1.807, 2.05) is 0 Å². The molecule has 11 heteroatoms. The van der Waals surface area contributed by atoms with E-state index in [1.54, 1.807) is 38.1 Å². The highest BCUT2D eigenvalue weighted by molar-refractivity contribution is 8.00. The van der Waals surface area contributed by atoms with Crippen molar-refractivity contribution in [1.29, 1.82) is 0 Å². The van der Waals surface area contributed by atoms with Crippen LogP contribution in [0.3, 0.4) is 0 Å². The lowest BCUT2D eigenvalue weighted by Gasteiger charge is -2.13. The minimum absolute atomic E-state index is 0.00191. The number of nitrogens with zero attached hydrogens (tertiary/aromatic N) is 2. The molecule has 1 aromatic heterocycles. The summed E-state index contributed by atoms with van der Waals surface area (Å²) >= 11 is 0.891. The summed E-state index contributed by atoms with van der Waals surface area (Å²) in [6, 6.07) is 9.41. The van der Waals surface area contributed by atoms with Gasteiger partial charge in [0.15, 0.2) is 10.9 Å². The van der Waals surface area contributed by atoms with E-state index >= 15 is 0 Å². The molecule has 0 radical (unpaired) electrons. The lowest BCUT2D eigenvalue weighted by atomic mass is 10.1. The molecule has 1 heterocycles. The van der Waals surface area contributed by atoms with Crippen molar-refractivity contribution in [2.75, 3.05) is 10.6 Å². The van der Waals surface area contributed by atoms with Gasteiger partial charge < -0.3 is 10.6 Å². The van der Waals surface area contributed by atoms with Crippen LogP contribution in [-0.4, -0.2) is 32.2 Å². The fraction of sp³-hybridized carbons (Fsp3) is 0.227. The van der Waals surface area contributed by atoms with E-state index in [1.165, 1.54) is 6.92 Å². The van der Waals surface area contributed by atoms with Crippen molar-refractivity contribution < 1.29 is 18.4 Å². The number of rotatable bonds is 7. The van der Waals surface area contributed by atoms with Gasteiger partial charge in [0.1, 0.15) is 11.6 Å². The lowest BCUT2D eigenvalue weighted by molar-refractivity contribution is -0.119. The van der Waals surface area contributed by atoms with Gasteiger partial charge in [-0.2, -0.15) is 0 Å². The molecule has 0 spiro atoms. The largest absolute Gasteiger partial charge is 0.325 e. The SMILES string of the molecule is CC(C)C(=O)Nc1ccccc1-c1nnc(S[C@H](C)C(=O)Nc2cc(F)ccc2F)[nH]c1=O. The molecular weight excluding hydrogens is 452 g/mol. The summed E-state index contributed by atoms with van der Waals surface area (Å²) in [5, 5.41) is 12.3. The van der Waals surface area contributed by atoms with Gasteiger partial charge in [-0.3, -0.25) is 19.4 Å². The number of H-pyrrole nitrogens is 1. The van der Waals surface area contributed by atoms with E-state index in [-0.39, 0.29) is 28.4 Å². The highest BCUT2D eigenvalue weighted by Gasteiger charge is 2.20. The summed E-state index contributed by atoms with van der Waals surface area (Å²) in [6.45, 7) is 5.01. The number of nitrogens with one attached hydrogen (secondary N) is 3. The summed E-state index contributed by atoms with van der Waals surface area (Å²) in [7, 11) is 0. The third-order valence-electron chi connectivity index (χ3n) is 4.48. The Morgan fingerprint density at radius 3 is 2.36 bits per heavy atom. The van der Waals surface area contributed by atoms with Crippen LogP contribution in [0.25, 0.3) is 11.3 Å². The van der Waals surface area contributed by atoms with E-state index in [2.05, 4.69) is 25.8 Å². The summed E-state index contributed by atoms with van der Waals surface area (Å²) < 4.78 is 27.1. The number of carbonyl (C=O) groups is 2. The molecule has 0 saturated heterocycles. The Labute approximate surface area is 192 Å². The predicted octanol–water partition coefficient (Wildman–Crippen LogP) is 3.82. The van der Waals surface area contributed by atoms with Crippen molar-refractivity contribution >= 4 is 35.0 Å². The first-order valence-corrected chi connectivity index (χ1v) is 10.8. The number of amides is 2. The number of hydrogen-bond acceptors (Lipinski definition) is 6. The Hall–Kier alpha value is -3.60. The zero-order valence-corrected chi connectivity index (χ0v) is 18.8.